The number of benzene rings is 1. The zero-order valence-electron chi connectivity index (χ0n) is 23.0. The van der Waals surface area contributed by atoms with Gasteiger partial charge in [-0.1, -0.05) is 45.0 Å². The fourth-order valence-electron chi connectivity index (χ4n) is 4.83. The second kappa shape index (κ2) is 13.6. The molecule has 1 aromatic heterocycles. The van der Waals surface area contributed by atoms with Gasteiger partial charge in [-0.2, -0.15) is 10.5 Å². The first-order chi connectivity index (χ1) is 18.6. The zero-order chi connectivity index (χ0) is 28.6. The third-order valence-corrected chi connectivity index (χ3v) is 8.31. The number of ether oxygens (including phenoxy) is 1. The van der Waals surface area contributed by atoms with Crippen LogP contribution in [-0.4, -0.2) is 35.5 Å². The van der Waals surface area contributed by atoms with E-state index in [4.69, 9.17) is 10.5 Å². The molecule has 2 aromatic rings. The lowest BCUT2D eigenvalue weighted by Crippen LogP contribution is -2.61. The van der Waals surface area contributed by atoms with Gasteiger partial charge in [0.25, 0.3) is 0 Å². The molecule has 3 rings (SSSR count). The third-order valence-electron chi connectivity index (χ3n) is 7.26. The van der Waals surface area contributed by atoms with Crippen LogP contribution in [0.3, 0.4) is 0 Å². The number of rotatable bonds is 10. The summed E-state index contributed by atoms with van der Waals surface area (Å²) in [4.78, 5) is 29.3. The van der Waals surface area contributed by atoms with Crippen LogP contribution in [0.2, 0.25) is 0 Å². The molecule has 2 heterocycles. The van der Waals surface area contributed by atoms with Crippen molar-refractivity contribution >= 4 is 23.6 Å². The molecule has 0 bridgehead atoms. The highest BCUT2D eigenvalue weighted by molar-refractivity contribution is 7.98. The van der Waals surface area contributed by atoms with Crippen LogP contribution in [-0.2, 0) is 28.3 Å². The number of thioether (sulfide) groups is 1. The van der Waals surface area contributed by atoms with E-state index in [0.29, 0.717) is 34.9 Å². The third kappa shape index (κ3) is 6.96. The highest BCUT2D eigenvalue weighted by Crippen LogP contribution is 2.36. The Bertz CT molecular complexity index is 1280. The van der Waals surface area contributed by atoms with Crippen molar-refractivity contribution in [3.05, 3.63) is 52.1 Å². The van der Waals surface area contributed by atoms with Crippen molar-refractivity contribution in [2.75, 3.05) is 13.1 Å². The molecule has 0 aliphatic carbocycles. The molecule has 1 amide bonds. The van der Waals surface area contributed by atoms with Crippen LogP contribution in [0, 0.1) is 34.5 Å². The van der Waals surface area contributed by atoms with Crippen LogP contribution in [0.15, 0.2) is 29.3 Å². The fraction of sp³-hybridized carbons (Fsp3) is 0.483. The molecule has 39 heavy (non-hydrogen) atoms. The number of hydrogen-bond acceptors (Lipinski definition) is 9. The monoisotopic (exact) mass is 548 g/mol. The largest absolute Gasteiger partial charge is 0.405 e. The van der Waals surface area contributed by atoms with Crippen molar-refractivity contribution in [2.24, 2.45) is 17.6 Å². The van der Waals surface area contributed by atoms with Gasteiger partial charge >= 0.3 is 5.97 Å². The maximum Gasteiger partial charge on any atom is 0.333 e. The number of pyridine rings is 1. The minimum absolute atomic E-state index is 0.0664. The summed E-state index contributed by atoms with van der Waals surface area (Å²) in [6.07, 6.45) is 1.90. The summed E-state index contributed by atoms with van der Waals surface area (Å²) in [6, 6.07) is 12.1. The highest BCUT2D eigenvalue weighted by Gasteiger charge is 2.47. The summed E-state index contributed by atoms with van der Waals surface area (Å²) >= 11 is 1.34. The second-order valence-electron chi connectivity index (χ2n) is 10.0. The van der Waals surface area contributed by atoms with E-state index < -0.39 is 11.5 Å². The van der Waals surface area contributed by atoms with Crippen LogP contribution >= 0.6 is 11.8 Å². The van der Waals surface area contributed by atoms with Crippen LogP contribution in [0.1, 0.15) is 68.4 Å². The second-order valence-corrected chi connectivity index (χ2v) is 11.0. The van der Waals surface area contributed by atoms with Gasteiger partial charge in [0.1, 0.15) is 28.3 Å². The SMILES string of the molecule is CCc1c(C#N)c(OC(=O)[C@@](N)(C(C)C)C2CCNCC2)nc(SCc2ccc(CNC(C)=O)cc2)c1C#N. The summed E-state index contributed by atoms with van der Waals surface area (Å²) in [7, 11) is 0. The average Bonchev–Trinajstić information content (AvgIpc) is 2.94. The number of carbonyl (C=O) groups excluding carboxylic acids is 2. The molecule has 0 unspecified atom stereocenters. The minimum Gasteiger partial charge on any atom is -0.405 e. The number of amides is 1. The first kappa shape index (κ1) is 30.1. The first-order valence-corrected chi connectivity index (χ1v) is 14.2. The average molecular weight is 549 g/mol. The fourth-order valence-corrected chi connectivity index (χ4v) is 5.79. The van der Waals surface area contributed by atoms with Crippen molar-refractivity contribution in [1.29, 1.82) is 10.5 Å². The Morgan fingerprint density at radius 3 is 2.33 bits per heavy atom. The van der Waals surface area contributed by atoms with E-state index in [2.05, 4.69) is 27.8 Å². The Morgan fingerprint density at radius 2 is 1.79 bits per heavy atom. The number of nitriles is 2. The van der Waals surface area contributed by atoms with Gasteiger partial charge in [-0.3, -0.25) is 4.79 Å². The number of piperidine rings is 1. The van der Waals surface area contributed by atoms with E-state index in [1.54, 1.807) is 0 Å². The van der Waals surface area contributed by atoms with Crippen molar-refractivity contribution in [3.63, 3.8) is 0 Å². The van der Waals surface area contributed by atoms with Gasteiger partial charge in [0, 0.05) is 19.2 Å². The van der Waals surface area contributed by atoms with Gasteiger partial charge < -0.3 is 21.1 Å². The molecule has 9 nitrogen and oxygen atoms in total. The lowest BCUT2D eigenvalue weighted by atomic mass is 9.72. The molecule has 4 N–H and O–H groups in total. The normalized spacial score (nSPS) is 15.2. The molecule has 206 valence electrons. The Kier molecular flexibility index (Phi) is 10.5. The van der Waals surface area contributed by atoms with E-state index in [1.807, 2.05) is 45.0 Å². The maximum absolute atomic E-state index is 13.6. The Labute approximate surface area is 234 Å². The van der Waals surface area contributed by atoms with E-state index >= 15 is 0 Å². The number of carbonyl (C=O) groups is 2. The number of nitrogens with one attached hydrogen (secondary N) is 2. The number of aromatic nitrogens is 1. The van der Waals surface area contributed by atoms with Crippen LogP contribution in [0.4, 0.5) is 0 Å². The number of hydrogen-bond donors (Lipinski definition) is 3. The lowest BCUT2D eigenvalue weighted by molar-refractivity contribution is -0.145. The molecule has 1 aliphatic rings. The summed E-state index contributed by atoms with van der Waals surface area (Å²) in [6.45, 7) is 9.13. The van der Waals surface area contributed by atoms with Crippen LogP contribution < -0.4 is 21.1 Å². The van der Waals surface area contributed by atoms with Gasteiger partial charge in [0.2, 0.25) is 11.8 Å². The van der Waals surface area contributed by atoms with Gasteiger partial charge in [-0.25, -0.2) is 9.78 Å². The van der Waals surface area contributed by atoms with E-state index in [-0.39, 0.29) is 29.2 Å². The van der Waals surface area contributed by atoms with E-state index in [1.165, 1.54) is 18.7 Å². The Morgan fingerprint density at radius 1 is 1.18 bits per heavy atom. The zero-order valence-corrected chi connectivity index (χ0v) is 23.8. The quantitative estimate of drug-likeness (QED) is 0.298. The maximum atomic E-state index is 13.6. The summed E-state index contributed by atoms with van der Waals surface area (Å²) in [5.74, 6) is -0.549. The molecule has 0 saturated carbocycles. The smallest absolute Gasteiger partial charge is 0.333 e. The lowest BCUT2D eigenvalue weighted by Gasteiger charge is -2.40. The van der Waals surface area contributed by atoms with Gasteiger partial charge in [-0.15, -0.1) is 11.8 Å². The highest BCUT2D eigenvalue weighted by atomic mass is 32.2. The molecular weight excluding hydrogens is 512 g/mol. The van der Waals surface area contributed by atoms with Gasteiger partial charge in [-0.05, 0) is 60.9 Å². The molecule has 1 aromatic carbocycles. The summed E-state index contributed by atoms with van der Waals surface area (Å²) in [5.41, 5.74) is 8.38. The number of esters is 1. The Hall–Kier alpha value is -3.44. The standard InChI is InChI=1S/C29H36N6O3S/c1-5-23-24(14-30)26(38-28(37)29(32,18(2)3)22-10-12-33-13-11-22)35-27(25(23)15-31)39-17-21-8-6-20(7-9-21)16-34-19(4)36/h6-9,18,22,33H,5,10-13,16-17,32H2,1-4H3,(H,34,36)/t29-/m1/s1. The van der Waals surface area contributed by atoms with Gasteiger partial charge in [0.15, 0.2) is 0 Å². The van der Waals surface area contributed by atoms with E-state index in [9.17, 15) is 20.1 Å². The predicted octanol–water partition coefficient (Wildman–Crippen LogP) is 3.57. The van der Waals surface area contributed by atoms with E-state index in [0.717, 1.165) is 37.1 Å². The van der Waals surface area contributed by atoms with Crippen LogP contribution in [0.25, 0.3) is 0 Å². The molecule has 1 saturated heterocycles. The molecule has 1 atom stereocenters. The number of nitrogens with two attached hydrogens (primary N) is 1. The van der Waals surface area contributed by atoms with Crippen LogP contribution in [0.5, 0.6) is 5.88 Å². The number of nitrogens with zero attached hydrogens (tertiary/aromatic N) is 3. The molecule has 0 radical (unpaired) electrons. The summed E-state index contributed by atoms with van der Waals surface area (Å²) < 4.78 is 5.84. The molecule has 10 heteroatoms. The molecular formula is C29H36N6O3S. The topological polar surface area (TPSA) is 154 Å². The van der Waals surface area contributed by atoms with Crippen molar-refractivity contribution in [3.8, 4) is 18.0 Å². The van der Waals surface area contributed by atoms with Crippen molar-refractivity contribution in [1.82, 2.24) is 15.6 Å². The summed E-state index contributed by atoms with van der Waals surface area (Å²) in [5, 5.41) is 26.4. The first-order valence-electron chi connectivity index (χ1n) is 13.2. The predicted molar refractivity (Wildman–Crippen MR) is 150 cm³/mol. The van der Waals surface area contributed by atoms with Crippen molar-refractivity contribution in [2.45, 2.75) is 69.8 Å². The minimum atomic E-state index is -1.23. The van der Waals surface area contributed by atoms with Crippen molar-refractivity contribution < 1.29 is 14.3 Å². The molecule has 1 aliphatic heterocycles. The molecule has 0 spiro atoms. The Balaban J connectivity index is 1.91. The van der Waals surface area contributed by atoms with Gasteiger partial charge in [0.05, 0.1) is 5.56 Å². The molecule has 1 fully saturated rings.